The van der Waals surface area contributed by atoms with Gasteiger partial charge in [-0.2, -0.15) is 5.10 Å². The lowest BCUT2D eigenvalue weighted by atomic mass is 10.2. The molecule has 0 radical (unpaired) electrons. The highest BCUT2D eigenvalue weighted by Crippen LogP contribution is 2.03. The van der Waals surface area contributed by atoms with E-state index in [1.165, 1.54) is 0 Å². The molecule has 0 aliphatic rings. The highest BCUT2D eigenvalue weighted by molar-refractivity contribution is 5.35. The van der Waals surface area contributed by atoms with E-state index in [9.17, 15) is 0 Å². The summed E-state index contributed by atoms with van der Waals surface area (Å²) in [5.41, 5.74) is 7.54. The molecule has 0 spiro atoms. The van der Waals surface area contributed by atoms with Crippen molar-refractivity contribution in [3.8, 4) is 11.8 Å². The van der Waals surface area contributed by atoms with Crippen molar-refractivity contribution in [3.63, 3.8) is 0 Å². The molecule has 2 N–H and O–H groups in total. The highest BCUT2D eigenvalue weighted by Gasteiger charge is 1.98. The monoisotopic (exact) mass is 191 g/mol. The molecule has 1 heterocycles. The Kier molecular flexibility index (Phi) is 4.21. The minimum Gasteiger partial charge on any atom is -0.330 e. The third-order valence-corrected chi connectivity index (χ3v) is 2.21. The average Bonchev–Trinajstić information content (AvgIpc) is 2.49. The molecule has 0 fully saturated rings. The van der Waals surface area contributed by atoms with Gasteiger partial charge in [-0.15, -0.1) is 0 Å². The summed E-state index contributed by atoms with van der Waals surface area (Å²) in [5, 5.41) is 4.13. The second-order valence-corrected chi connectivity index (χ2v) is 3.31. The van der Waals surface area contributed by atoms with Crippen molar-refractivity contribution in [2.24, 2.45) is 12.8 Å². The average molecular weight is 191 g/mol. The van der Waals surface area contributed by atoms with Crippen LogP contribution in [0, 0.1) is 18.8 Å². The van der Waals surface area contributed by atoms with E-state index in [0.717, 1.165) is 37.1 Å². The van der Waals surface area contributed by atoms with Crippen LogP contribution in [0.3, 0.4) is 0 Å². The third-order valence-electron chi connectivity index (χ3n) is 2.21. The molecule has 0 saturated heterocycles. The van der Waals surface area contributed by atoms with Gasteiger partial charge >= 0.3 is 0 Å². The Bertz CT molecular complexity index is 341. The molecule has 76 valence electrons. The van der Waals surface area contributed by atoms with Crippen molar-refractivity contribution in [2.45, 2.75) is 26.2 Å². The fraction of sp³-hybridized carbons (Fsp3) is 0.545. The summed E-state index contributed by atoms with van der Waals surface area (Å²) in [5.74, 6) is 6.25. The molecule has 1 aromatic rings. The summed E-state index contributed by atoms with van der Waals surface area (Å²) < 4.78 is 1.84. The molecule has 0 aromatic carbocycles. The van der Waals surface area contributed by atoms with Crippen molar-refractivity contribution >= 4 is 0 Å². The molecule has 0 bridgehead atoms. The second-order valence-electron chi connectivity index (χ2n) is 3.31. The van der Waals surface area contributed by atoms with E-state index in [0.29, 0.717) is 0 Å². The van der Waals surface area contributed by atoms with Gasteiger partial charge in [-0.05, 0) is 26.3 Å². The van der Waals surface area contributed by atoms with Crippen molar-refractivity contribution < 1.29 is 0 Å². The van der Waals surface area contributed by atoms with Crippen LogP contribution in [0.5, 0.6) is 0 Å². The Labute approximate surface area is 85.3 Å². The van der Waals surface area contributed by atoms with Gasteiger partial charge in [-0.25, -0.2) is 0 Å². The van der Waals surface area contributed by atoms with Crippen molar-refractivity contribution in [1.82, 2.24) is 9.78 Å². The first kappa shape index (κ1) is 10.8. The minimum atomic E-state index is 0.758. The molecular weight excluding hydrogens is 174 g/mol. The third kappa shape index (κ3) is 2.90. The molecule has 3 heteroatoms. The van der Waals surface area contributed by atoms with Crippen LogP contribution in [0.2, 0.25) is 0 Å². The summed E-state index contributed by atoms with van der Waals surface area (Å²) in [6.45, 7) is 2.78. The summed E-state index contributed by atoms with van der Waals surface area (Å²) >= 11 is 0. The molecule has 0 unspecified atom stereocenters. The molecule has 3 nitrogen and oxygen atoms in total. The van der Waals surface area contributed by atoms with Crippen LogP contribution in [0.15, 0.2) is 6.20 Å². The fourth-order valence-corrected chi connectivity index (χ4v) is 1.14. The van der Waals surface area contributed by atoms with Gasteiger partial charge in [0.2, 0.25) is 0 Å². The first-order chi connectivity index (χ1) is 6.75. The number of hydrogen-bond acceptors (Lipinski definition) is 2. The van der Waals surface area contributed by atoms with Gasteiger partial charge in [-0.3, -0.25) is 4.68 Å². The van der Waals surface area contributed by atoms with Gasteiger partial charge in [0.1, 0.15) is 0 Å². The largest absolute Gasteiger partial charge is 0.330 e. The number of hydrogen-bond donors (Lipinski definition) is 1. The maximum absolute atomic E-state index is 5.39. The Balaban J connectivity index is 2.47. The van der Waals surface area contributed by atoms with Crippen LogP contribution in [0.1, 0.15) is 30.5 Å². The lowest BCUT2D eigenvalue weighted by Gasteiger charge is -1.92. The molecule has 0 saturated carbocycles. The number of aryl methyl sites for hydroxylation is 1. The molecule has 0 atom stereocenters. The quantitative estimate of drug-likeness (QED) is 0.576. The van der Waals surface area contributed by atoms with Gasteiger partial charge in [0.05, 0.1) is 17.5 Å². The number of nitrogens with two attached hydrogens (primary N) is 1. The maximum Gasteiger partial charge on any atom is 0.0654 e. The topological polar surface area (TPSA) is 43.8 Å². The minimum absolute atomic E-state index is 0.758. The first-order valence-electron chi connectivity index (χ1n) is 4.93. The summed E-state index contributed by atoms with van der Waals surface area (Å²) in [6, 6.07) is 0. The van der Waals surface area contributed by atoms with Crippen LogP contribution in [-0.2, 0) is 7.05 Å². The summed E-state index contributed by atoms with van der Waals surface area (Å²) in [6.07, 6.45) is 4.88. The molecule has 0 amide bonds. The molecule has 0 aliphatic carbocycles. The van der Waals surface area contributed by atoms with Gasteiger partial charge < -0.3 is 5.73 Å². The Morgan fingerprint density at radius 3 is 2.86 bits per heavy atom. The molecule has 14 heavy (non-hydrogen) atoms. The molecule has 1 aromatic heterocycles. The van der Waals surface area contributed by atoms with Crippen molar-refractivity contribution in [1.29, 1.82) is 0 Å². The summed E-state index contributed by atoms with van der Waals surface area (Å²) in [4.78, 5) is 0. The molecule has 1 rings (SSSR count). The van der Waals surface area contributed by atoms with Crippen molar-refractivity contribution in [3.05, 3.63) is 17.5 Å². The van der Waals surface area contributed by atoms with E-state index in [1.54, 1.807) is 0 Å². The number of rotatable bonds is 3. The standard InChI is InChI=1S/C11H17N3/c1-10-11(9-13-14(10)2)7-5-3-4-6-8-12/h9H,3-4,6,8,12H2,1-2H3. The van der Waals surface area contributed by atoms with E-state index in [2.05, 4.69) is 16.9 Å². The van der Waals surface area contributed by atoms with E-state index in [1.807, 2.05) is 24.9 Å². The van der Waals surface area contributed by atoms with Crippen LogP contribution in [-0.4, -0.2) is 16.3 Å². The van der Waals surface area contributed by atoms with Gasteiger partial charge in [-0.1, -0.05) is 11.8 Å². The van der Waals surface area contributed by atoms with E-state index in [-0.39, 0.29) is 0 Å². The normalized spacial score (nSPS) is 9.64. The SMILES string of the molecule is Cc1c(C#CCCCCN)cnn1C. The van der Waals surface area contributed by atoms with Crippen LogP contribution in [0.4, 0.5) is 0 Å². The van der Waals surface area contributed by atoms with Crippen molar-refractivity contribution in [2.75, 3.05) is 6.54 Å². The number of nitrogens with zero attached hydrogens (tertiary/aromatic N) is 2. The maximum atomic E-state index is 5.39. The van der Waals surface area contributed by atoms with E-state index >= 15 is 0 Å². The lowest BCUT2D eigenvalue weighted by Crippen LogP contribution is -1.97. The second kappa shape index (κ2) is 5.46. The first-order valence-corrected chi connectivity index (χ1v) is 4.93. The zero-order chi connectivity index (χ0) is 10.4. The zero-order valence-electron chi connectivity index (χ0n) is 8.88. The highest BCUT2D eigenvalue weighted by atomic mass is 15.3. The fourth-order valence-electron chi connectivity index (χ4n) is 1.14. The van der Waals surface area contributed by atoms with Gasteiger partial charge in [0.15, 0.2) is 0 Å². The molecule has 0 aliphatic heterocycles. The molecular formula is C11H17N3. The Hall–Kier alpha value is -1.27. The van der Waals surface area contributed by atoms with Crippen LogP contribution < -0.4 is 5.73 Å². The summed E-state index contributed by atoms with van der Waals surface area (Å²) in [7, 11) is 1.93. The Morgan fingerprint density at radius 1 is 1.50 bits per heavy atom. The van der Waals surface area contributed by atoms with Gasteiger partial charge in [0.25, 0.3) is 0 Å². The van der Waals surface area contributed by atoms with E-state index in [4.69, 9.17) is 5.73 Å². The predicted octanol–water partition coefficient (Wildman–Crippen LogP) is 1.21. The lowest BCUT2D eigenvalue weighted by molar-refractivity contribution is 0.740. The number of unbranched alkanes of at least 4 members (excludes halogenated alkanes) is 2. The zero-order valence-corrected chi connectivity index (χ0v) is 8.88. The van der Waals surface area contributed by atoms with Crippen LogP contribution >= 0.6 is 0 Å². The number of aromatic nitrogens is 2. The van der Waals surface area contributed by atoms with Crippen LogP contribution in [0.25, 0.3) is 0 Å². The van der Waals surface area contributed by atoms with E-state index < -0.39 is 0 Å². The van der Waals surface area contributed by atoms with Gasteiger partial charge in [0, 0.05) is 13.5 Å². The smallest absolute Gasteiger partial charge is 0.0654 e. The predicted molar refractivity (Wildman–Crippen MR) is 57.7 cm³/mol. The Morgan fingerprint density at radius 2 is 2.29 bits per heavy atom.